The highest BCUT2D eigenvalue weighted by molar-refractivity contribution is 5.82. The Balaban J connectivity index is 1.48. The maximum atomic E-state index is 13.5. The lowest BCUT2D eigenvalue weighted by Gasteiger charge is -2.22. The predicted octanol–water partition coefficient (Wildman–Crippen LogP) is 3.76. The van der Waals surface area contributed by atoms with Gasteiger partial charge in [-0.05, 0) is 37.3 Å². The van der Waals surface area contributed by atoms with Crippen molar-refractivity contribution in [3.05, 3.63) is 83.6 Å². The molecule has 0 bridgehead atoms. The first-order chi connectivity index (χ1) is 15.1. The molecule has 3 N–H and O–H groups in total. The molecule has 0 radical (unpaired) electrons. The molecule has 1 unspecified atom stereocenters. The molecule has 0 amide bonds. The summed E-state index contributed by atoms with van der Waals surface area (Å²) in [5.41, 5.74) is 7.60. The van der Waals surface area contributed by atoms with Crippen molar-refractivity contribution in [3.8, 4) is 11.4 Å². The van der Waals surface area contributed by atoms with E-state index in [-0.39, 0.29) is 6.17 Å². The van der Waals surface area contributed by atoms with Crippen molar-refractivity contribution in [3.63, 3.8) is 0 Å². The van der Waals surface area contributed by atoms with Crippen LogP contribution in [0.2, 0.25) is 0 Å². The third-order valence-electron chi connectivity index (χ3n) is 5.00. The molecule has 0 fully saturated rings. The van der Waals surface area contributed by atoms with Gasteiger partial charge < -0.3 is 10.3 Å². The topological polar surface area (TPSA) is 81.2 Å². The Morgan fingerprint density at radius 2 is 2.03 bits per heavy atom. The summed E-state index contributed by atoms with van der Waals surface area (Å²) in [6, 6.07) is 9.49. The van der Waals surface area contributed by atoms with E-state index in [9.17, 15) is 8.78 Å². The minimum absolute atomic E-state index is 0.0715. The van der Waals surface area contributed by atoms with Crippen LogP contribution in [0.15, 0.2) is 59.7 Å². The summed E-state index contributed by atoms with van der Waals surface area (Å²) in [6.07, 6.45) is 7.48. The molecular formula is C22H19F2N7. The fraction of sp³-hybridized carbons (Fsp3) is 0.136. The fourth-order valence-corrected chi connectivity index (χ4v) is 3.48. The molecule has 0 spiro atoms. The molecule has 9 heteroatoms. The second-order valence-electron chi connectivity index (χ2n) is 7.23. The van der Waals surface area contributed by atoms with Gasteiger partial charge in [0.1, 0.15) is 12.2 Å². The highest BCUT2D eigenvalue weighted by Crippen LogP contribution is 2.30. The Morgan fingerprint density at radius 1 is 1.13 bits per heavy atom. The van der Waals surface area contributed by atoms with Crippen LogP contribution in [0.5, 0.6) is 0 Å². The van der Waals surface area contributed by atoms with Crippen molar-refractivity contribution in [1.29, 1.82) is 0 Å². The summed E-state index contributed by atoms with van der Waals surface area (Å²) >= 11 is 0. The van der Waals surface area contributed by atoms with Gasteiger partial charge in [-0.3, -0.25) is 15.4 Å². The molecule has 5 rings (SSSR count). The van der Waals surface area contributed by atoms with Gasteiger partial charge in [-0.2, -0.15) is 0 Å². The quantitative estimate of drug-likeness (QED) is 0.587. The summed E-state index contributed by atoms with van der Waals surface area (Å²) in [5.74, 6) is -1.14. The lowest BCUT2D eigenvalue weighted by molar-refractivity contribution is 0.317. The Morgan fingerprint density at radius 3 is 2.87 bits per heavy atom. The zero-order chi connectivity index (χ0) is 21.4. The van der Waals surface area contributed by atoms with Crippen LogP contribution < -0.4 is 10.7 Å². The molecule has 1 aromatic carbocycles. The normalized spacial score (nSPS) is 16.8. The number of fused-ring (bicyclic) bond motifs is 1. The van der Waals surface area contributed by atoms with E-state index in [1.54, 1.807) is 6.34 Å². The minimum Gasteiger partial charge on any atom is -0.378 e. The number of hydrogen-bond acceptors (Lipinski definition) is 6. The first-order valence-electron chi connectivity index (χ1n) is 9.75. The average molecular weight is 419 g/mol. The van der Waals surface area contributed by atoms with E-state index in [1.807, 2.05) is 48.5 Å². The molecule has 2 aliphatic rings. The molecule has 4 heterocycles. The van der Waals surface area contributed by atoms with Crippen molar-refractivity contribution in [2.45, 2.75) is 19.6 Å². The van der Waals surface area contributed by atoms with Crippen LogP contribution in [-0.4, -0.2) is 32.5 Å². The maximum Gasteiger partial charge on any atom is 0.160 e. The molecule has 0 saturated heterocycles. The van der Waals surface area contributed by atoms with Crippen LogP contribution in [0.3, 0.4) is 0 Å². The Kier molecular flexibility index (Phi) is 4.70. The number of H-pyrrole nitrogens is 1. The number of imidazole rings is 1. The third kappa shape index (κ3) is 3.77. The molecule has 31 heavy (non-hydrogen) atoms. The zero-order valence-corrected chi connectivity index (χ0v) is 16.6. The predicted molar refractivity (Wildman–Crippen MR) is 115 cm³/mol. The number of hydrogen-bond donors (Lipinski definition) is 3. The maximum absolute atomic E-state index is 13.5. The van der Waals surface area contributed by atoms with Crippen molar-refractivity contribution in [2.24, 2.45) is 4.99 Å². The number of allylic oxidation sites excluding steroid dienone is 2. The summed E-state index contributed by atoms with van der Waals surface area (Å²) in [4.78, 5) is 17.0. The smallest absolute Gasteiger partial charge is 0.160 e. The number of nitrogens with zero attached hydrogens (tertiary/aromatic N) is 4. The van der Waals surface area contributed by atoms with Crippen molar-refractivity contribution in [2.75, 3.05) is 5.32 Å². The van der Waals surface area contributed by atoms with Gasteiger partial charge in [0.15, 0.2) is 17.8 Å². The van der Waals surface area contributed by atoms with E-state index < -0.39 is 11.6 Å². The number of aromatic nitrogens is 3. The molecule has 1 atom stereocenters. The van der Waals surface area contributed by atoms with Crippen molar-refractivity contribution >= 4 is 17.6 Å². The van der Waals surface area contributed by atoms with Crippen molar-refractivity contribution < 1.29 is 8.78 Å². The van der Waals surface area contributed by atoms with Gasteiger partial charge in [0.25, 0.3) is 0 Å². The largest absolute Gasteiger partial charge is 0.378 e. The van der Waals surface area contributed by atoms with Crippen LogP contribution in [-0.2, 0) is 6.54 Å². The minimum atomic E-state index is -0.901. The second-order valence-corrected chi connectivity index (χ2v) is 7.23. The lowest BCUT2D eigenvalue weighted by Crippen LogP contribution is -2.34. The molecule has 2 aliphatic heterocycles. The fourth-order valence-electron chi connectivity index (χ4n) is 3.48. The standard InChI is InChI=1S/C22H19F2N7/c1-13-3-2-4-18(28-13)22-21(14-5-8-20-26-12-27-31(20)11-14)29-19(30-22)10-25-15-6-7-16(23)17(24)9-15/h2-9,11-12,20,25H,10H2,1H3,(H,26,27)(H,29,30). The van der Waals surface area contributed by atoms with Gasteiger partial charge in [0, 0.05) is 29.2 Å². The summed E-state index contributed by atoms with van der Waals surface area (Å²) in [6.45, 7) is 2.23. The van der Waals surface area contributed by atoms with E-state index in [2.05, 4.69) is 25.7 Å². The van der Waals surface area contributed by atoms with E-state index in [0.29, 0.717) is 18.1 Å². The highest BCUT2D eigenvalue weighted by atomic mass is 19.2. The van der Waals surface area contributed by atoms with Crippen LogP contribution in [0.1, 0.15) is 17.2 Å². The first-order valence-corrected chi connectivity index (χ1v) is 9.75. The summed E-state index contributed by atoms with van der Waals surface area (Å²) < 4.78 is 26.7. The monoisotopic (exact) mass is 419 g/mol. The number of aromatic amines is 1. The van der Waals surface area contributed by atoms with Crippen LogP contribution in [0, 0.1) is 18.6 Å². The Labute approximate surface area is 177 Å². The molecule has 0 saturated carbocycles. The average Bonchev–Trinajstić information content (AvgIpc) is 3.41. The number of rotatable bonds is 5. The molecule has 7 nitrogen and oxygen atoms in total. The number of hydrazine groups is 1. The van der Waals surface area contributed by atoms with Crippen molar-refractivity contribution in [1.82, 2.24) is 25.4 Å². The molecule has 2 aromatic heterocycles. The van der Waals surface area contributed by atoms with Crippen LogP contribution in [0.25, 0.3) is 17.0 Å². The number of nitrogens with one attached hydrogen (secondary N) is 3. The number of aryl methyl sites for hydroxylation is 1. The third-order valence-corrected chi connectivity index (χ3v) is 5.00. The van der Waals surface area contributed by atoms with Gasteiger partial charge in [0.2, 0.25) is 0 Å². The highest BCUT2D eigenvalue weighted by Gasteiger charge is 2.23. The van der Waals surface area contributed by atoms with Crippen LogP contribution in [0.4, 0.5) is 14.5 Å². The van der Waals surface area contributed by atoms with Gasteiger partial charge >= 0.3 is 0 Å². The number of aliphatic imine (C=N–C) groups is 1. The number of benzene rings is 1. The van der Waals surface area contributed by atoms with Gasteiger partial charge in [-0.25, -0.2) is 18.8 Å². The van der Waals surface area contributed by atoms with E-state index >= 15 is 0 Å². The Hall–Kier alpha value is -4.01. The van der Waals surface area contributed by atoms with Gasteiger partial charge in [0.05, 0.1) is 23.6 Å². The Bertz CT molecular complexity index is 1230. The first kappa shape index (κ1) is 19.0. The summed E-state index contributed by atoms with van der Waals surface area (Å²) in [7, 11) is 0. The van der Waals surface area contributed by atoms with Gasteiger partial charge in [-0.15, -0.1) is 0 Å². The van der Waals surface area contributed by atoms with Gasteiger partial charge in [-0.1, -0.05) is 12.1 Å². The molecule has 0 aliphatic carbocycles. The SMILES string of the molecule is Cc1cccc(-c2[nH]c(CNc3ccc(F)c(F)c3)nc2C2=CN3NC=NC3C=C2)n1. The molecule has 3 aromatic rings. The second kappa shape index (κ2) is 7.67. The molecular weight excluding hydrogens is 400 g/mol. The molecule has 156 valence electrons. The summed E-state index contributed by atoms with van der Waals surface area (Å²) in [5, 5.41) is 4.96. The van der Waals surface area contributed by atoms with Crippen LogP contribution >= 0.6 is 0 Å². The van der Waals surface area contributed by atoms with E-state index in [1.165, 1.54) is 6.07 Å². The lowest BCUT2D eigenvalue weighted by atomic mass is 10.1. The zero-order valence-electron chi connectivity index (χ0n) is 16.6. The van der Waals surface area contributed by atoms with E-state index in [4.69, 9.17) is 4.98 Å². The number of anilines is 1. The van der Waals surface area contributed by atoms with E-state index in [0.717, 1.165) is 40.5 Å². The number of pyridine rings is 1. The number of halogens is 2.